The molecule has 0 spiro atoms. The van der Waals surface area contributed by atoms with Crippen LogP contribution in [0.1, 0.15) is 129 Å². The molecule has 5 heterocycles. The number of benzene rings is 3. The van der Waals surface area contributed by atoms with Crippen LogP contribution in [0.2, 0.25) is 5.02 Å². The third-order valence-corrected chi connectivity index (χ3v) is 16.5. The lowest BCUT2D eigenvalue weighted by Gasteiger charge is -2.42. The number of aromatic nitrogens is 1. The van der Waals surface area contributed by atoms with E-state index in [1.807, 2.05) is 24.0 Å². The molecule has 4 aromatic rings. The second kappa shape index (κ2) is 20.4. The minimum atomic E-state index is -0.991. The summed E-state index contributed by atoms with van der Waals surface area (Å²) in [5.41, 5.74) is 3.87. The van der Waals surface area contributed by atoms with E-state index in [0.717, 1.165) is 104 Å². The Morgan fingerprint density at radius 2 is 1.51 bits per heavy atom. The molecule has 4 aliphatic heterocycles. The molecule has 0 bridgehead atoms. The Kier molecular flexibility index (Phi) is 13.9. The molecule has 2 aliphatic carbocycles. The van der Waals surface area contributed by atoms with Crippen LogP contribution in [0.5, 0.6) is 5.75 Å². The number of hydrogen-bond donors (Lipinski definition) is 3. The van der Waals surface area contributed by atoms with E-state index in [-0.39, 0.29) is 71.5 Å². The summed E-state index contributed by atoms with van der Waals surface area (Å²) in [6.45, 7) is 5.02. The van der Waals surface area contributed by atoms with Gasteiger partial charge in [0.05, 0.1) is 21.7 Å². The van der Waals surface area contributed by atoms with E-state index in [9.17, 15) is 33.2 Å². The Hall–Kier alpha value is -5.93. The van der Waals surface area contributed by atoms with E-state index in [2.05, 4.69) is 25.8 Å². The maximum Gasteiger partial charge on any atom is 0.262 e. The van der Waals surface area contributed by atoms with E-state index in [1.165, 1.54) is 6.07 Å². The zero-order chi connectivity index (χ0) is 48.6. The summed E-state index contributed by atoms with van der Waals surface area (Å²) in [7, 11) is 0. The Morgan fingerprint density at radius 3 is 2.26 bits per heavy atom. The summed E-state index contributed by atoms with van der Waals surface area (Å²) in [5, 5.41) is 10.3. The minimum absolute atomic E-state index is 0.00639. The van der Waals surface area contributed by atoms with Crippen molar-refractivity contribution in [1.29, 1.82) is 0 Å². The molecule has 6 amide bonds. The largest absolute Gasteiger partial charge is 0.489 e. The van der Waals surface area contributed by atoms with Crippen molar-refractivity contribution in [3.05, 3.63) is 94.4 Å². The Labute approximate surface area is 412 Å². The van der Waals surface area contributed by atoms with Crippen molar-refractivity contribution in [3.63, 3.8) is 0 Å². The highest BCUT2D eigenvalue weighted by molar-refractivity contribution is 6.32. The van der Waals surface area contributed by atoms with Gasteiger partial charge in [0, 0.05) is 85.3 Å². The van der Waals surface area contributed by atoms with E-state index in [4.69, 9.17) is 16.3 Å². The first-order chi connectivity index (χ1) is 33.9. The van der Waals surface area contributed by atoms with Gasteiger partial charge < -0.3 is 25.2 Å². The molecule has 6 aliphatic rings. The second-order valence-corrected chi connectivity index (χ2v) is 20.8. The van der Waals surface area contributed by atoms with Crippen LogP contribution < -0.4 is 20.7 Å². The minimum Gasteiger partial charge on any atom is -0.489 e. The van der Waals surface area contributed by atoms with Crippen LogP contribution in [0.15, 0.2) is 66.9 Å². The number of hydrogen-bond acceptors (Lipinski definition) is 10. The van der Waals surface area contributed by atoms with Gasteiger partial charge in [-0.1, -0.05) is 18.5 Å². The number of fused-ring (bicyclic) bond motifs is 2. The van der Waals surface area contributed by atoms with Crippen molar-refractivity contribution in [2.45, 2.75) is 127 Å². The van der Waals surface area contributed by atoms with E-state index < -0.39 is 29.7 Å². The number of carbonyl (C=O) groups is 6. The third-order valence-electron chi connectivity index (χ3n) is 16.2. The molecule has 2 saturated carbocycles. The van der Waals surface area contributed by atoms with E-state index in [1.54, 1.807) is 48.7 Å². The lowest BCUT2D eigenvalue weighted by molar-refractivity contribution is -0.139. The summed E-state index contributed by atoms with van der Waals surface area (Å²) >= 11 is 6.62. The maximum atomic E-state index is 14.1. The monoisotopic (exact) mass is 973 g/mol. The number of nitrogens with one attached hydrogen (secondary N) is 3. The number of halogens is 2. The van der Waals surface area contributed by atoms with Crippen molar-refractivity contribution >= 4 is 69.3 Å². The number of amides is 6. The number of rotatable bonds is 11. The van der Waals surface area contributed by atoms with Gasteiger partial charge in [0.15, 0.2) is 0 Å². The Morgan fingerprint density at radius 1 is 0.786 bits per heavy atom. The smallest absolute Gasteiger partial charge is 0.262 e. The fraction of sp³-hybridized carbons (Fsp3) is 0.500. The molecule has 368 valence electrons. The van der Waals surface area contributed by atoms with E-state index >= 15 is 0 Å². The summed E-state index contributed by atoms with van der Waals surface area (Å²) in [6, 6.07) is 17.0. The molecule has 5 fully saturated rings. The van der Waals surface area contributed by atoms with Gasteiger partial charge in [0.2, 0.25) is 23.6 Å². The van der Waals surface area contributed by atoms with Gasteiger partial charge in [-0.2, -0.15) is 0 Å². The molecule has 70 heavy (non-hydrogen) atoms. The highest BCUT2D eigenvalue weighted by atomic mass is 35.5. The van der Waals surface area contributed by atoms with Crippen LogP contribution in [0.25, 0.3) is 10.9 Å². The first-order valence-corrected chi connectivity index (χ1v) is 25.7. The Balaban J connectivity index is 0.637. The average molecular weight is 975 g/mol. The third kappa shape index (κ3) is 10.0. The molecule has 16 heteroatoms. The molecule has 1 unspecified atom stereocenters. The first kappa shape index (κ1) is 47.7. The standard InChI is InChI=1S/C54H61ClFN7O7/c1-31(32-2-4-33(5-3-32)41-18-23-57-46-15-6-35(56)28-43(41)46)50(65)59-38-10-14-45(55)48(30-38)70-40-21-26-62(27-22-40)52(67)34-19-24-61(25-20-34)39-11-7-36(8-12-39)58-37-9-13-42-44(29-37)54(69)63(53(42)68)47-16-17-49(64)60-51(47)66/h6,9-10,13-15,18,23,28-34,36,39-40,47,58H,2-5,7-8,11-12,16-17,19-22,24-27H2,1H3,(H,59,65)(H,60,64,66)/t31-,32?,33?,36?,39?,47?/m1/s1. The van der Waals surface area contributed by atoms with E-state index in [0.29, 0.717) is 54.4 Å². The number of ether oxygens (including phenoxy) is 1. The summed E-state index contributed by atoms with van der Waals surface area (Å²) < 4.78 is 20.5. The number of carbonyl (C=O) groups excluding carboxylic acids is 6. The van der Waals surface area contributed by atoms with Gasteiger partial charge in [-0.25, -0.2) is 4.39 Å². The number of pyridine rings is 1. The predicted octanol–water partition coefficient (Wildman–Crippen LogP) is 8.48. The maximum absolute atomic E-state index is 14.1. The highest BCUT2D eigenvalue weighted by Gasteiger charge is 2.45. The van der Waals surface area contributed by atoms with Crippen LogP contribution in [-0.2, 0) is 19.2 Å². The topological polar surface area (TPSA) is 170 Å². The van der Waals surface area contributed by atoms with Crippen molar-refractivity contribution in [2.75, 3.05) is 36.8 Å². The quantitative estimate of drug-likeness (QED) is 0.124. The van der Waals surface area contributed by atoms with Crippen molar-refractivity contribution < 1.29 is 37.9 Å². The predicted molar refractivity (Wildman–Crippen MR) is 263 cm³/mol. The van der Waals surface area contributed by atoms with Crippen molar-refractivity contribution in [3.8, 4) is 5.75 Å². The molecule has 10 rings (SSSR count). The van der Waals surface area contributed by atoms with Gasteiger partial charge in [-0.05, 0) is 156 Å². The zero-order valence-corrected chi connectivity index (χ0v) is 40.4. The summed E-state index contributed by atoms with van der Waals surface area (Å²) in [4.78, 5) is 87.8. The number of imide groups is 2. The molecule has 1 aromatic heterocycles. The van der Waals surface area contributed by atoms with Crippen molar-refractivity contribution in [2.24, 2.45) is 17.8 Å². The van der Waals surface area contributed by atoms with Gasteiger partial charge in [0.25, 0.3) is 11.8 Å². The highest BCUT2D eigenvalue weighted by Crippen LogP contribution is 2.42. The summed E-state index contributed by atoms with van der Waals surface area (Å²) in [6.07, 6.45) is 12.6. The van der Waals surface area contributed by atoms with Gasteiger partial charge in [-0.3, -0.25) is 44.0 Å². The average Bonchev–Trinajstić information content (AvgIpc) is 3.62. The Bertz CT molecular complexity index is 2690. The van der Waals surface area contributed by atoms with Crippen LogP contribution in [-0.4, -0.2) is 106 Å². The molecule has 2 atom stereocenters. The van der Waals surface area contributed by atoms with Gasteiger partial charge in [0.1, 0.15) is 23.7 Å². The molecule has 3 N–H and O–H groups in total. The summed E-state index contributed by atoms with van der Waals surface area (Å²) in [5.74, 6) is -1.24. The first-order valence-electron chi connectivity index (χ1n) is 25.3. The lowest BCUT2D eigenvalue weighted by atomic mass is 9.73. The SMILES string of the molecule is C[C@@H](C(=O)Nc1ccc(Cl)c(OC2CCN(C(=O)C3CCN(C4CCC(Nc5ccc6c(c5)C(=O)N(C5CCC(=O)NC5=O)C6=O)CC4)CC3)CC2)c1)C1CCC(c2ccnc3ccc(F)cc23)CC1. The zero-order valence-electron chi connectivity index (χ0n) is 39.6. The van der Waals surface area contributed by atoms with Crippen LogP contribution in [0.4, 0.5) is 15.8 Å². The fourth-order valence-corrected chi connectivity index (χ4v) is 12.3. The van der Waals surface area contributed by atoms with Crippen molar-refractivity contribution in [1.82, 2.24) is 25.0 Å². The number of likely N-dealkylation sites (tertiary alicyclic amines) is 2. The van der Waals surface area contributed by atoms with Crippen LogP contribution in [0.3, 0.4) is 0 Å². The number of piperidine rings is 3. The normalized spacial score (nSPS) is 25.4. The van der Waals surface area contributed by atoms with Crippen LogP contribution >= 0.6 is 11.6 Å². The fourth-order valence-electron chi connectivity index (χ4n) is 12.1. The van der Waals surface area contributed by atoms with Gasteiger partial charge >= 0.3 is 0 Å². The molecule has 3 aromatic carbocycles. The molecular weight excluding hydrogens is 913 g/mol. The second-order valence-electron chi connectivity index (χ2n) is 20.4. The number of anilines is 2. The molecule has 14 nitrogen and oxygen atoms in total. The molecular formula is C54H61ClFN7O7. The molecule has 0 radical (unpaired) electrons. The van der Waals surface area contributed by atoms with Gasteiger partial charge in [-0.15, -0.1) is 0 Å². The molecule has 3 saturated heterocycles. The lowest BCUT2D eigenvalue weighted by Crippen LogP contribution is -2.54. The van der Waals surface area contributed by atoms with Crippen LogP contribution in [0, 0.1) is 23.6 Å². The number of nitrogens with zero attached hydrogens (tertiary/aromatic N) is 4.